The van der Waals surface area contributed by atoms with Gasteiger partial charge in [0.25, 0.3) is 5.56 Å². The first-order chi connectivity index (χ1) is 8.56. The van der Waals surface area contributed by atoms with Crippen LogP contribution in [0.5, 0.6) is 0 Å². The van der Waals surface area contributed by atoms with Crippen molar-refractivity contribution in [2.24, 2.45) is 0 Å². The number of ketones is 1. The summed E-state index contributed by atoms with van der Waals surface area (Å²) in [6.07, 6.45) is 1.48. The second-order valence-corrected chi connectivity index (χ2v) is 4.31. The van der Waals surface area contributed by atoms with E-state index >= 15 is 0 Å². The molecule has 18 heavy (non-hydrogen) atoms. The molecular formula is C14H16N2O2. The molecule has 2 rings (SSSR count). The molecule has 1 aromatic carbocycles. The summed E-state index contributed by atoms with van der Waals surface area (Å²) in [5.41, 5.74) is 2.50. The predicted octanol–water partition coefficient (Wildman–Crippen LogP) is 2.04. The number of carbonyl (C=O) groups is 1. The molecule has 0 bridgehead atoms. The molecular weight excluding hydrogens is 228 g/mol. The van der Waals surface area contributed by atoms with Gasteiger partial charge in [-0.05, 0) is 31.9 Å². The van der Waals surface area contributed by atoms with E-state index < -0.39 is 0 Å². The lowest BCUT2D eigenvalue weighted by atomic mass is 9.98. The summed E-state index contributed by atoms with van der Waals surface area (Å²) in [4.78, 5) is 24.3. The van der Waals surface area contributed by atoms with E-state index in [-0.39, 0.29) is 16.9 Å². The van der Waals surface area contributed by atoms with Gasteiger partial charge in [-0.25, -0.2) is 0 Å². The molecule has 1 aromatic heterocycles. The number of aryl methyl sites for hydroxylation is 2. The van der Waals surface area contributed by atoms with Crippen LogP contribution in [0.2, 0.25) is 0 Å². The topological polar surface area (TPSA) is 54.9 Å². The Morgan fingerprint density at radius 1 is 1.28 bits per heavy atom. The molecule has 0 amide bonds. The van der Waals surface area contributed by atoms with E-state index in [9.17, 15) is 9.59 Å². The maximum Gasteiger partial charge on any atom is 0.277 e. The monoisotopic (exact) mass is 244 g/mol. The van der Waals surface area contributed by atoms with Crippen LogP contribution in [0, 0.1) is 13.8 Å². The number of nitrogens with one attached hydrogen (secondary N) is 1. The largest absolute Gasteiger partial charge is 0.302 e. The normalized spacial score (nSPS) is 10.6. The van der Waals surface area contributed by atoms with Crippen molar-refractivity contribution in [1.82, 2.24) is 9.78 Å². The third-order valence-electron chi connectivity index (χ3n) is 3.25. The van der Waals surface area contributed by atoms with Crippen molar-refractivity contribution in [1.29, 1.82) is 0 Å². The van der Waals surface area contributed by atoms with Crippen molar-refractivity contribution in [3.63, 3.8) is 0 Å². The number of hydrogen-bond acceptors (Lipinski definition) is 2. The van der Waals surface area contributed by atoms with Gasteiger partial charge in [0, 0.05) is 18.3 Å². The van der Waals surface area contributed by atoms with Gasteiger partial charge in [-0.15, -0.1) is 0 Å². The third kappa shape index (κ3) is 1.90. The Kier molecular flexibility index (Phi) is 3.19. The van der Waals surface area contributed by atoms with E-state index in [1.807, 2.05) is 32.9 Å². The molecule has 1 N–H and O–H groups in total. The number of rotatable bonds is 3. The molecule has 0 aliphatic heterocycles. The quantitative estimate of drug-likeness (QED) is 0.840. The van der Waals surface area contributed by atoms with Crippen molar-refractivity contribution < 1.29 is 4.79 Å². The van der Waals surface area contributed by atoms with Crippen LogP contribution in [0.3, 0.4) is 0 Å². The number of carbonyl (C=O) groups excluding carboxylic acids is 1. The van der Waals surface area contributed by atoms with Crippen LogP contribution in [0.1, 0.15) is 34.0 Å². The third-order valence-corrected chi connectivity index (χ3v) is 3.25. The number of aromatic amines is 1. The minimum absolute atomic E-state index is 0.200. The van der Waals surface area contributed by atoms with Crippen molar-refractivity contribution >= 4 is 5.78 Å². The molecule has 4 heteroatoms. The van der Waals surface area contributed by atoms with Crippen LogP contribution in [0.15, 0.2) is 29.2 Å². The minimum Gasteiger partial charge on any atom is -0.302 e. The molecule has 0 atom stereocenters. The molecule has 0 spiro atoms. The Morgan fingerprint density at radius 3 is 2.61 bits per heavy atom. The Hall–Kier alpha value is -2.10. The molecule has 4 nitrogen and oxygen atoms in total. The van der Waals surface area contributed by atoms with Gasteiger partial charge in [0.15, 0.2) is 5.78 Å². The minimum atomic E-state index is -0.261. The lowest BCUT2D eigenvalue weighted by molar-refractivity contribution is 0.103. The highest BCUT2D eigenvalue weighted by atomic mass is 16.2. The average Bonchev–Trinajstić information content (AvgIpc) is 2.73. The van der Waals surface area contributed by atoms with E-state index in [0.717, 1.165) is 11.1 Å². The molecule has 0 fully saturated rings. The first-order valence-corrected chi connectivity index (χ1v) is 5.95. The number of H-pyrrole nitrogens is 1. The molecule has 0 saturated carbocycles. The molecule has 0 aliphatic carbocycles. The van der Waals surface area contributed by atoms with Crippen LogP contribution < -0.4 is 5.56 Å². The zero-order valence-corrected chi connectivity index (χ0v) is 10.8. The zero-order chi connectivity index (χ0) is 13.3. The van der Waals surface area contributed by atoms with Crippen molar-refractivity contribution in [3.05, 3.63) is 57.0 Å². The summed E-state index contributed by atoms with van der Waals surface area (Å²) in [6, 6.07) is 5.54. The molecule has 0 aliphatic rings. The number of aromatic nitrogens is 2. The van der Waals surface area contributed by atoms with Crippen LogP contribution in [-0.2, 0) is 6.54 Å². The molecule has 94 valence electrons. The maximum atomic E-state index is 12.3. The highest BCUT2D eigenvalue weighted by Gasteiger charge is 2.17. The Bertz CT molecular complexity index is 650. The van der Waals surface area contributed by atoms with Crippen LogP contribution >= 0.6 is 0 Å². The summed E-state index contributed by atoms with van der Waals surface area (Å²) in [6.45, 7) is 6.23. The van der Waals surface area contributed by atoms with Gasteiger partial charge in [0.05, 0.1) is 0 Å². The first kappa shape index (κ1) is 12.4. The lowest BCUT2D eigenvalue weighted by Crippen LogP contribution is -2.21. The summed E-state index contributed by atoms with van der Waals surface area (Å²) >= 11 is 0. The highest BCUT2D eigenvalue weighted by Crippen LogP contribution is 2.15. The van der Waals surface area contributed by atoms with E-state index in [1.54, 1.807) is 6.07 Å². The SMILES string of the molecule is CCn1[nH]cc(C(=O)c2cccc(C)c2C)c1=O. The second-order valence-electron chi connectivity index (χ2n) is 4.31. The van der Waals surface area contributed by atoms with Gasteiger partial charge >= 0.3 is 0 Å². The molecule has 0 unspecified atom stereocenters. The summed E-state index contributed by atoms with van der Waals surface area (Å²) in [5, 5.41) is 2.79. The summed E-state index contributed by atoms with van der Waals surface area (Å²) < 4.78 is 1.42. The average molecular weight is 244 g/mol. The molecule has 0 saturated heterocycles. The Morgan fingerprint density at radius 2 is 2.00 bits per heavy atom. The van der Waals surface area contributed by atoms with Crippen molar-refractivity contribution in [2.75, 3.05) is 0 Å². The van der Waals surface area contributed by atoms with Gasteiger partial charge < -0.3 is 5.10 Å². The maximum absolute atomic E-state index is 12.3. The van der Waals surface area contributed by atoms with E-state index in [2.05, 4.69) is 5.10 Å². The van der Waals surface area contributed by atoms with E-state index in [0.29, 0.717) is 12.1 Å². The number of nitrogens with zero attached hydrogens (tertiary/aromatic N) is 1. The van der Waals surface area contributed by atoms with Gasteiger partial charge in [-0.3, -0.25) is 14.3 Å². The zero-order valence-electron chi connectivity index (χ0n) is 10.8. The van der Waals surface area contributed by atoms with Gasteiger partial charge in [0.1, 0.15) is 5.56 Å². The fourth-order valence-corrected chi connectivity index (χ4v) is 1.95. The van der Waals surface area contributed by atoms with E-state index in [4.69, 9.17) is 0 Å². The summed E-state index contributed by atoms with van der Waals surface area (Å²) in [7, 11) is 0. The summed E-state index contributed by atoms with van der Waals surface area (Å²) in [5.74, 6) is -0.218. The number of benzene rings is 1. The fourth-order valence-electron chi connectivity index (χ4n) is 1.95. The molecule has 0 radical (unpaired) electrons. The standard InChI is InChI=1S/C14H16N2O2/c1-4-16-14(18)12(8-15-16)13(17)11-7-5-6-9(2)10(11)3/h5-8,15H,4H2,1-3H3. The smallest absolute Gasteiger partial charge is 0.277 e. The molecule has 1 heterocycles. The Balaban J connectivity index is 2.52. The number of hydrogen-bond donors (Lipinski definition) is 1. The van der Waals surface area contributed by atoms with Gasteiger partial charge in [0.2, 0.25) is 0 Å². The van der Waals surface area contributed by atoms with Crippen LogP contribution in [0.25, 0.3) is 0 Å². The van der Waals surface area contributed by atoms with Gasteiger partial charge in [-0.1, -0.05) is 18.2 Å². The fraction of sp³-hybridized carbons (Fsp3) is 0.286. The first-order valence-electron chi connectivity index (χ1n) is 5.95. The van der Waals surface area contributed by atoms with Crippen LogP contribution in [0.4, 0.5) is 0 Å². The van der Waals surface area contributed by atoms with Gasteiger partial charge in [-0.2, -0.15) is 0 Å². The van der Waals surface area contributed by atoms with Crippen molar-refractivity contribution in [2.45, 2.75) is 27.3 Å². The van der Waals surface area contributed by atoms with Crippen molar-refractivity contribution in [3.8, 4) is 0 Å². The lowest BCUT2D eigenvalue weighted by Gasteiger charge is -2.05. The second kappa shape index (κ2) is 4.64. The van der Waals surface area contributed by atoms with Crippen LogP contribution in [-0.4, -0.2) is 15.6 Å². The van der Waals surface area contributed by atoms with E-state index in [1.165, 1.54) is 10.9 Å². The molecule has 2 aromatic rings. The Labute approximate surface area is 105 Å². The highest BCUT2D eigenvalue weighted by molar-refractivity contribution is 6.09. The predicted molar refractivity (Wildman–Crippen MR) is 70.1 cm³/mol.